The van der Waals surface area contributed by atoms with Gasteiger partial charge in [0, 0.05) is 25.0 Å². The van der Waals surface area contributed by atoms with Crippen molar-refractivity contribution >= 4 is 0 Å². The van der Waals surface area contributed by atoms with Gasteiger partial charge in [-0.25, -0.2) is 4.39 Å². The molecule has 0 saturated carbocycles. The fourth-order valence-electron chi connectivity index (χ4n) is 4.35. The Balaban J connectivity index is 1.79. The largest absolute Gasteiger partial charge is 0.393 e. The predicted octanol–water partition coefficient (Wildman–Crippen LogP) is 4.02. The van der Waals surface area contributed by atoms with Crippen LogP contribution in [-0.2, 0) is 6.42 Å². The molecule has 0 amide bonds. The van der Waals surface area contributed by atoms with Crippen LogP contribution in [0.15, 0.2) is 48.5 Å². The average molecular weight is 371 g/mol. The van der Waals surface area contributed by atoms with Crippen LogP contribution in [-0.4, -0.2) is 45.4 Å². The first kappa shape index (κ1) is 20.0. The summed E-state index contributed by atoms with van der Waals surface area (Å²) in [5.41, 5.74) is 2.12. The summed E-state index contributed by atoms with van der Waals surface area (Å²) >= 11 is 0. The van der Waals surface area contributed by atoms with Gasteiger partial charge in [-0.3, -0.25) is 4.90 Å². The van der Waals surface area contributed by atoms with Crippen LogP contribution in [0.4, 0.5) is 4.39 Å². The fraction of sp³-hybridized carbons (Fsp3) is 0.478. The van der Waals surface area contributed by atoms with Crippen molar-refractivity contribution in [2.24, 2.45) is 0 Å². The maximum absolute atomic E-state index is 13.3. The molecule has 2 N–H and O–H groups in total. The monoisotopic (exact) mass is 371 g/mol. The SMILES string of the molecule is CC1CC(O)CC(C)N1CC(C)(O)Cc1ccccc1-c1ccc(F)cc1. The average Bonchev–Trinajstić information content (AvgIpc) is 2.59. The Kier molecular flexibility index (Phi) is 5.99. The minimum absolute atomic E-state index is 0.238. The van der Waals surface area contributed by atoms with E-state index in [-0.39, 0.29) is 24.0 Å². The molecule has 146 valence electrons. The Hall–Kier alpha value is -1.75. The molecule has 0 bridgehead atoms. The molecule has 3 unspecified atom stereocenters. The van der Waals surface area contributed by atoms with Crippen molar-refractivity contribution in [3.8, 4) is 11.1 Å². The number of benzene rings is 2. The van der Waals surface area contributed by atoms with Crippen LogP contribution in [0, 0.1) is 5.82 Å². The van der Waals surface area contributed by atoms with Crippen molar-refractivity contribution in [3.63, 3.8) is 0 Å². The molecule has 3 nitrogen and oxygen atoms in total. The van der Waals surface area contributed by atoms with E-state index >= 15 is 0 Å². The number of β-amino-alcohol motifs (C(OH)–C–C–N with tert-alkyl or cyclic N) is 1. The lowest BCUT2D eigenvalue weighted by Crippen LogP contribution is -2.54. The van der Waals surface area contributed by atoms with Gasteiger partial charge in [0.1, 0.15) is 5.82 Å². The van der Waals surface area contributed by atoms with Crippen LogP contribution in [0.25, 0.3) is 11.1 Å². The summed E-state index contributed by atoms with van der Waals surface area (Å²) in [6.07, 6.45) is 1.74. The van der Waals surface area contributed by atoms with Gasteiger partial charge >= 0.3 is 0 Å². The standard InChI is InChI=1S/C23H30FNO2/c1-16-12-21(26)13-17(2)25(16)15-23(3,27)14-19-6-4-5-7-22(19)18-8-10-20(24)11-9-18/h4-11,16-17,21,26-27H,12-15H2,1-3H3. The highest BCUT2D eigenvalue weighted by Gasteiger charge is 2.35. The van der Waals surface area contributed by atoms with Gasteiger partial charge < -0.3 is 10.2 Å². The van der Waals surface area contributed by atoms with Gasteiger partial charge in [-0.1, -0.05) is 36.4 Å². The van der Waals surface area contributed by atoms with Gasteiger partial charge in [0.2, 0.25) is 0 Å². The Morgan fingerprint density at radius 2 is 1.63 bits per heavy atom. The fourth-order valence-corrected chi connectivity index (χ4v) is 4.35. The first-order valence-corrected chi connectivity index (χ1v) is 9.75. The van der Waals surface area contributed by atoms with Crippen molar-refractivity contribution in [2.75, 3.05) is 6.54 Å². The lowest BCUT2D eigenvalue weighted by atomic mass is 9.87. The molecule has 1 fully saturated rings. The molecule has 0 aromatic heterocycles. The number of aliphatic hydroxyl groups excluding tert-OH is 1. The van der Waals surface area contributed by atoms with E-state index in [1.54, 1.807) is 12.1 Å². The van der Waals surface area contributed by atoms with Crippen LogP contribution in [0.5, 0.6) is 0 Å². The van der Waals surface area contributed by atoms with Crippen molar-refractivity contribution in [3.05, 3.63) is 59.9 Å². The van der Waals surface area contributed by atoms with Crippen LogP contribution in [0.2, 0.25) is 0 Å². The van der Waals surface area contributed by atoms with Gasteiger partial charge in [0.05, 0.1) is 11.7 Å². The molecule has 0 spiro atoms. The van der Waals surface area contributed by atoms with Crippen LogP contribution < -0.4 is 0 Å². The highest BCUT2D eigenvalue weighted by molar-refractivity contribution is 5.67. The molecule has 3 atom stereocenters. The molecule has 2 aromatic carbocycles. The second-order valence-electron chi connectivity index (χ2n) is 8.33. The van der Waals surface area contributed by atoms with Crippen LogP contribution in [0.3, 0.4) is 0 Å². The van der Waals surface area contributed by atoms with E-state index in [1.165, 1.54) is 12.1 Å². The summed E-state index contributed by atoms with van der Waals surface area (Å²) in [5, 5.41) is 21.1. The molecular formula is C23H30FNO2. The van der Waals surface area contributed by atoms with E-state index in [9.17, 15) is 14.6 Å². The highest BCUT2D eigenvalue weighted by Crippen LogP contribution is 2.30. The lowest BCUT2D eigenvalue weighted by molar-refractivity contribution is -0.0450. The van der Waals surface area contributed by atoms with E-state index in [1.807, 2.05) is 31.2 Å². The van der Waals surface area contributed by atoms with Crippen molar-refractivity contribution in [1.82, 2.24) is 4.90 Å². The number of hydrogen-bond donors (Lipinski definition) is 2. The number of hydrogen-bond acceptors (Lipinski definition) is 3. The Bertz CT molecular complexity index is 747. The zero-order chi connectivity index (χ0) is 19.6. The van der Waals surface area contributed by atoms with Crippen LogP contribution >= 0.6 is 0 Å². The third-order valence-corrected chi connectivity index (χ3v) is 5.63. The molecule has 1 aliphatic rings. The maximum atomic E-state index is 13.3. The van der Waals surface area contributed by atoms with Crippen LogP contribution in [0.1, 0.15) is 39.2 Å². The molecule has 4 heteroatoms. The number of rotatable bonds is 5. The summed E-state index contributed by atoms with van der Waals surface area (Å²) < 4.78 is 13.3. The van der Waals surface area contributed by atoms with Crippen molar-refractivity contribution in [1.29, 1.82) is 0 Å². The van der Waals surface area contributed by atoms with Gasteiger partial charge in [-0.2, -0.15) is 0 Å². The second-order valence-corrected chi connectivity index (χ2v) is 8.33. The Morgan fingerprint density at radius 1 is 1.04 bits per heavy atom. The molecular weight excluding hydrogens is 341 g/mol. The maximum Gasteiger partial charge on any atom is 0.123 e. The molecule has 3 rings (SSSR count). The summed E-state index contributed by atoms with van der Waals surface area (Å²) in [5.74, 6) is -0.251. The van der Waals surface area contributed by atoms with E-state index in [4.69, 9.17) is 0 Å². The number of nitrogens with zero attached hydrogens (tertiary/aromatic N) is 1. The molecule has 1 heterocycles. The van der Waals surface area contributed by atoms with Crippen molar-refractivity contribution < 1.29 is 14.6 Å². The first-order chi connectivity index (χ1) is 12.7. The van der Waals surface area contributed by atoms with E-state index < -0.39 is 5.60 Å². The molecule has 0 radical (unpaired) electrons. The summed E-state index contributed by atoms with van der Waals surface area (Å²) in [7, 11) is 0. The topological polar surface area (TPSA) is 43.7 Å². The third-order valence-electron chi connectivity index (χ3n) is 5.63. The molecule has 2 aromatic rings. The Labute approximate surface area is 161 Å². The third kappa shape index (κ3) is 4.95. The van der Waals surface area contributed by atoms with Gasteiger partial charge in [0.25, 0.3) is 0 Å². The van der Waals surface area contributed by atoms with Gasteiger partial charge in [-0.05, 0) is 62.4 Å². The second kappa shape index (κ2) is 8.09. The zero-order valence-electron chi connectivity index (χ0n) is 16.4. The predicted molar refractivity (Wildman–Crippen MR) is 107 cm³/mol. The molecule has 1 aliphatic heterocycles. The first-order valence-electron chi connectivity index (χ1n) is 9.75. The molecule has 1 saturated heterocycles. The minimum atomic E-state index is -0.902. The van der Waals surface area contributed by atoms with Gasteiger partial charge in [0.15, 0.2) is 0 Å². The quantitative estimate of drug-likeness (QED) is 0.834. The lowest BCUT2D eigenvalue weighted by Gasteiger charge is -2.44. The zero-order valence-corrected chi connectivity index (χ0v) is 16.4. The normalized spacial score (nSPS) is 25.9. The number of aliphatic hydroxyl groups is 2. The van der Waals surface area contributed by atoms with E-state index in [2.05, 4.69) is 18.7 Å². The number of piperidine rings is 1. The Morgan fingerprint density at radius 3 is 2.26 bits per heavy atom. The summed E-state index contributed by atoms with van der Waals surface area (Å²) in [6, 6.07) is 14.9. The molecule has 0 aliphatic carbocycles. The summed E-state index contributed by atoms with van der Waals surface area (Å²) in [4.78, 5) is 2.30. The number of halogens is 1. The smallest absolute Gasteiger partial charge is 0.123 e. The van der Waals surface area contributed by atoms with Gasteiger partial charge in [-0.15, -0.1) is 0 Å². The number of likely N-dealkylation sites (tertiary alicyclic amines) is 1. The van der Waals surface area contributed by atoms with E-state index in [0.29, 0.717) is 13.0 Å². The van der Waals surface area contributed by atoms with E-state index in [0.717, 1.165) is 29.5 Å². The molecule has 27 heavy (non-hydrogen) atoms. The summed E-state index contributed by atoms with van der Waals surface area (Å²) in [6.45, 7) is 6.65. The minimum Gasteiger partial charge on any atom is -0.393 e. The van der Waals surface area contributed by atoms with Crippen molar-refractivity contribution in [2.45, 2.75) is 63.8 Å². The highest BCUT2D eigenvalue weighted by atomic mass is 19.1.